The minimum absolute atomic E-state index is 0.0204. The van der Waals surface area contributed by atoms with Crippen molar-refractivity contribution in [1.82, 2.24) is 0 Å². The Morgan fingerprint density at radius 1 is 0.773 bits per heavy atom. The van der Waals surface area contributed by atoms with Gasteiger partial charge in [0.25, 0.3) is 0 Å². The van der Waals surface area contributed by atoms with E-state index in [1.807, 2.05) is 0 Å². The number of fused-ring (bicyclic) bond motifs is 1. The number of hydrogen-bond donors (Lipinski definition) is 6. The Kier molecular flexibility index (Phi) is 2.91. The van der Waals surface area contributed by atoms with Crippen LogP contribution in [0.4, 0.5) is 0 Å². The number of phenols is 5. The van der Waals surface area contributed by atoms with Gasteiger partial charge in [-0.25, -0.2) is 0 Å². The van der Waals surface area contributed by atoms with E-state index >= 15 is 0 Å². The van der Waals surface area contributed by atoms with Crippen LogP contribution < -0.4 is 4.74 Å². The summed E-state index contributed by atoms with van der Waals surface area (Å²) in [4.78, 5) is 0. The molecule has 7 nitrogen and oxygen atoms in total. The van der Waals surface area contributed by atoms with Crippen LogP contribution in [0, 0.1) is 0 Å². The van der Waals surface area contributed by atoms with Gasteiger partial charge in [0, 0.05) is 11.6 Å². The van der Waals surface area contributed by atoms with Crippen LogP contribution in [-0.2, 0) is 0 Å². The first-order valence-electron chi connectivity index (χ1n) is 6.25. The van der Waals surface area contributed by atoms with Gasteiger partial charge < -0.3 is 35.4 Å². The largest absolute Gasteiger partial charge is 0.508 e. The zero-order valence-electron chi connectivity index (χ0n) is 11.1. The van der Waals surface area contributed by atoms with Gasteiger partial charge in [-0.1, -0.05) is 6.07 Å². The van der Waals surface area contributed by atoms with E-state index in [0.29, 0.717) is 5.56 Å². The summed E-state index contributed by atoms with van der Waals surface area (Å²) in [5.74, 6) is -2.83. The summed E-state index contributed by atoms with van der Waals surface area (Å²) in [6.07, 6.45) is 0.185. The molecule has 2 aromatic rings. The number of aromatic hydroxyl groups is 5. The lowest BCUT2D eigenvalue weighted by molar-refractivity contribution is 0.172. The molecule has 1 aliphatic rings. The smallest absolute Gasteiger partial charge is 0.201 e. The van der Waals surface area contributed by atoms with Gasteiger partial charge in [-0.3, -0.25) is 0 Å². The van der Waals surface area contributed by atoms with Gasteiger partial charge in [-0.15, -0.1) is 0 Å². The molecule has 0 saturated carbocycles. The van der Waals surface area contributed by atoms with E-state index in [1.165, 1.54) is 24.3 Å². The van der Waals surface area contributed by atoms with E-state index in [2.05, 4.69) is 0 Å². The Balaban J connectivity index is 2.08. The van der Waals surface area contributed by atoms with Crippen molar-refractivity contribution in [3.8, 4) is 34.5 Å². The highest BCUT2D eigenvalue weighted by Crippen LogP contribution is 2.48. The summed E-state index contributed by atoms with van der Waals surface area (Å²) in [5, 5.41) is 57.6. The average molecular weight is 304 g/mol. The molecule has 0 bridgehead atoms. The highest BCUT2D eigenvalue weighted by atomic mass is 16.5. The zero-order valence-corrected chi connectivity index (χ0v) is 11.1. The number of phenolic OH excluding ortho intramolecular Hbond substituents is 5. The highest BCUT2D eigenvalue weighted by molar-refractivity contribution is 5.73. The van der Waals surface area contributed by atoms with Crippen LogP contribution in [-0.4, -0.2) is 30.6 Å². The Bertz CT molecular complexity index is 795. The Morgan fingerprint density at radius 3 is 2.18 bits per heavy atom. The number of hydrogen-bond acceptors (Lipinski definition) is 7. The summed E-state index contributed by atoms with van der Waals surface area (Å²) in [6, 6.07) is 4.99. The molecule has 0 aromatic heterocycles. The fourth-order valence-corrected chi connectivity index (χ4v) is 2.23. The van der Waals surface area contributed by atoms with E-state index in [4.69, 9.17) is 4.74 Å². The Morgan fingerprint density at radius 2 is 1.50 bits per heavy atom. The van der Waals surface area contributed by atoms with Crippen LogP contribution in [0.15, 0.2) is 30.0 Å². The maximum atomic E-state index is 10.1. The second kappa shape index (κ2) is 4.66. The second-order valence-corrected chi connectivity index (χ2v) is 4.82. The van der Waals surface area contributed by atoms with Crippen LogP contribution in [0.5, 0.6) is 34.5 Å². The maximum absolute atomic E-state index is 10.1. The van der Waals surface area contributed by atoms with Crippen molar-refractivity contribution in [3.63, 3.8) is 0 Å². The number of ether oxygens (including phenoxy) is 1. The van der Waals surface area contributed by atoms with Crippen LogP contribution in [0.25, 0.3) is 6.08 Å². The van der Waals surface area contributed by atoms with Crippen molar-refractivity contribution in [2.75, 3.05) is 0 Å². The molecule has 3 rings (SSSR count). The van der Waals surface area contributed by atoms with Gasteiger partial charge in [0.2, 0.25) is 5.75 Å². The molecule has 7 heteroatoms. The molecular weight excluding hydrogens is 292 g/mol. The second-order valence-electron chi connectivity index (χ2n) is 4.82. The SMILES string of the molecule is OC1=Cc2c(cc(O)c(O)c2O)OC1c1ccc(O)c(O)c1. The molecule has 1 unspecified atom stereocenters. The van der Waals surface area contributed by atoms with Crippen molar-refractivity contribution < 1.29 is 35.4 Å². The van der Waals surface area contributed by atoms with E-state index in [9.17, 15) is 30.6 Å². The summed E-state index contributed by atoms with van der Waals surface area (Å²) < 4.78 is 5.50. The minimum Gasteiger partial charge on any atom is -0.508 e. The third-order valence-corrected chi connectivity index (χ3v) is 3.36. The maximum Gasteiger partial charge on any atom is 0.201 e. The summed E-state index contributed by atoms with van der Waals surface area (Å²) in [5.41, 5.74) is 0.369. The molecule has 0 saturated heterocycles. The summed E-state index contributed by atoms with van der Waals surface area (Å²) in [7, 11) is 0. The molecule has 0 radical (unpaired) electrons. The molecule has 114 valence electrons. The molecular formula is C15H12O7. The van der Waals surface area contributed by atoms with Crippen molar-refractivity contribution in [1.29, 1.82) is 0 Å². The number of aliphatic hydroxyl groups is 1. The molecule has 0 fully saturated rings. The number of aliphatic hydroxyl groups excluding tert-OH is 1. The predicted octanol–water partition coefficient (Wildman–Crippen LogP) is 2.25. The van der Waals surface area contributed by atoms with Crippen LogP contribution in [0.2, 0.25) is 0 Å². The molecule has 1 heterocycles. The van der Waals surface area contributed by atoms with Gasteiger partial charge >= 0.3 is 0 Å². The van der Waals surface area contributed by atoms with Gasteiger partial charge in [-0.05, 0) is 18.2 Å². The molecule has 0 spiro atoms. The first-order valence-corrected chi connectivity index (χ1v) is 6.25. The van der Waals surface area contributed by atoms with Gasteiger partial charge in [0.05, 0.1) is 5.56 Å². The summed E-state index contributed by atoms with van der Waals surface area (Å²) >= 11 is 0. The van der Waals surface area contributed by atoms with Crippen LogP contribution in [0.3, 0.4) is 0 Å². The lowest BCUT2D eigenvalue weighted by atomic mass is 10.0. The van der Waals surface area contributed by atoms with E-state index in [1.54, 1.807) is 0 Å². The molecule has 0 aliphatic carbocycles. The summed E-state index contributed by atoms with van der Waals surface area (Å²) in [6.45, 7) is 0. The predicted molar refractivity (Wildman–Crippen MR) is 75.2 cm³/mol. The van der Waals surface area contributed by atoms with E-state index in [-0.39, 0.29) is 28.6 Å². The van der Waals surface area contributed by atoms with Gasteiger partial charge in [0.15, 0.2) is 29.1 Å². The van der Waals surface area contributed by atoms with Gasteiger partial charge in [-0.2, -0.15) is 0 Å². The quantitative estimate of drug-likeness (QED) is 0.445. The lowest BCUT2D eigenvalue weighted by Gasteiger charge is -2.25. The monoisotopic (exact) mass is 304 g/mol. The van der Waals surface area contributed by atoms with Crippen molar-refractivity contribution in [2.24, 2.45) is 0 Å². The number of benzene rings is 2. The van der Waals surface area contributed by atoms with Gasteiger partial charge in [0.1, 0.15) is 11.5 Å². The van der Waals surface area contributed by atoms with Crippen LogP contribution >= 0.6 is 0 Å². The molecule has 1 atom stereocenters. The van der Waals surface area contributed by atoms with Crippen molar-refractivity contribution >= 4 is 6.08 Å². The lowest BCUT2D eigenvalue weighted by Crippen LogP contribution is -2.14. The van der Waals surface area contributed by atoms with Crippen LogP contribution in [0.1, 0.15) is 17.2 Å². The Labute approximate surface area is 124 Å². The minimum atomic E-state index is -0.998. The fourth-order valence-electron chi connectivity index (χ4n) is 2.23. The fraction of sp³-hybridized carbons (Fsp3) is 0.0667. The van der Waals surface area contributed by atoms with Crippen molar-refractivity contribution in [2.45, 2.75) is 6.10 Å². The molecule has 0 amide bonds. The average Bonchev–Trinajstić information content (AvgIpc) is 2.48. The topological polar surface area (TPSA) is 131 Å². The normalized spacial score (nSPS) is 16.5. The van der Waals surface area contributed by atoms with E-state index in [0.717, 1.165) is 6.07 Å². The molecule has 22 heavy (non-hydrogen) atoms. The zero-order chi connectivity index (χ0) is 16.0. The third kappa shape index (κ3) is 1.99. The van der Waals surface area contributed by atoms with E-state index < -0.39 is 23.4 Å². The first-order chi connectivity index (χ1) is 10.4. The number of rotatable bonds is 1. The van der Waals surface area contributed by atoms with Crippen molar-refractivity contribution in [3.05, 3.63) is 41.2 Å². The standard InChI is InChI=1S/C15H12O7/c16-8-2-1-6(3-9(8)17)15-11(19)4-7-12(22-15)5-10(18)14(21)13(7)20/h1-5,15-21H. The molecule has 1 aliphatic heterocycles. The molecule has 6 N–H and O–H groups in total. The first kappa shape index (κ1) is 13.7. The Hall–Kier alpha value is -3.22. The third-order valence-electron chi connectivity index (χ3n) is 3.36. The highest BCUT2D eigenvalue weighted by Gasteiger charge is 2.28. The molecule has 2 aromatic carbocycles.